The van der Waals surface area contributed by atoms with Gasteiger partial charge in [-0.25, -0.2) is 0 Å². The van der Waals surface area contributed by atoms with Gasteiger partial charge in [0.2, 0.25) is 0 Å². The number of hydrogen-bond donors (Lipinski definition) is 0. The van der Waals surface area contributed by atoms with Crippen molar-refractivity contribution < 1.29 is 24.0 Å². The van der Waals surface area contributed by atoms with Gasteiger partial charge >= 0.3 is 5.97 Å². The molecule has 1 aromatic heterocycles. The lowest BCUT2D eigenvalue weighted by atomic mass is 10.2. The lowest BCUT2D eigenvalue weighted by Crippen LogP contribution is -2.35. The first kappa shape index (κ1) is 21.3. The largest absolute Gasteiger partial charge is 0.462 e. The molecule has 1 aromatic carbocycles. The SMILES string of the molecule is CC(C)OC(=O)CN1C(=O)S/C(=C\c2cccn2Cc2ccccc2[N+](=O)[O-])C1=O. The number of para-hydroxylation sites is 1. The Bertz CT molecular complexity index is 1040. The van der Waals surface area contributed by atoms with E-state index in [0.29, 0.717) is 11.3 Å². The third-order valence-electron chi connectivity index (χ3n) is 4.20. The molecule has 2 heterocycles. The first-order valence-corrected chi connectivity index (χ1v) is 9.90. The molecule has 0 saturated carbocycles. The summed E-state index contributed by atoms with van der Waals surface area (Å²) in [7, 11) is 0. The monoisotopic (exact) mass is 429 g/mol. The van der Waals surface area contributed by atoms with Gasteiger partial charge in [0.05, 0.1) is 22.5 Å². The second kappa shape index (κ2) is 8.95. The van der Waals surface area contributed by atoms with Crippen molar-refractivity contribution in [3.05, 3.63) is 68.9 Å². The van der Waals surface area contributed by atoms with Crippen LogP contribution in [0.25, 0.3) is 6.08 Å². The molecular weight excluding hydrogens is 410 g/mol. The molecule has 156 valence electrons. The van der Waals surface area contributed by atoms with E-state index in [4.69, 9.17) is 4.74 Å². The van der Waals surface area contributed by atoms with Gasteiger partial charge in [-0.2, -0.15) is 0 Å². The smallest absolute Gasteiger partial charge is 0.326 e. The van der Waals surface area contributed by atoms with Crippen LogP contribution in [-0.2, 0) is 20.9 Å². The van der Waals surface area contributed by atoms with Crippen LogP contribution in [0, 0.1) is 10.1 Å². The zero-order valence-electron chi connectivity index (χ0n) is 16.3. The van der Waals surface area contributed by atoms with E-state index in [0.717, 1.165) is 16.7 Å². The van der Waals surface area contributed by atoms with Gasteiger partial charge in [0, 0.05) is 23.5 Å². The summed E-state index contributed by atoms with van der Waals surface area (Å²) in [6, 6.07) is 9.88. The number of nitro benzene ring substituents is 1. The molecule has 2 aromatic rings. The molecule has 0 unspecified atom stereocenters. The Kier molecular flexibility index (Phi) is 6.36. The molecule has 0 bridgehead atoms. The number of benzene rings is 1. The predicted octanol–water partition coefficient (Wildman–Crippen LogP) is 3.43. The highest BCUT2D eigenvalue weighted by Crippen LogP contribution is 2.32. The fourth-order valence-electron chi connectivity index (χ4n) is 2.91. The summed E-state index contributed by atoms with van der Waals surface area (Å²) in [6.45, 7) is 3.13. The third kappa shape index (κ3) is 4.77. The molecule has 10 heteroatoms. The molecule has 9 nitrogen and oxygen atoms in total. The maximum Gasteiger partial charge on any atom is 0.326 e. The Hall–Kier alpha value is -3.40. The normalized spacial score (nSPS) is 15.3. The number of nitro groups is 1. The fraction of sp³-hybridized carbons (Fsp3) is 0.250. The summed E-state index contributed by atoms with van der Waals surface area (Å²) in [6.07, 6.45) is 2.92. The van der Waals surface area contributed by atoms with E-state index in [2.05, 4.69) is 0 Å². The van der Waals surface area contributed by atoms with Crippen LogP contribution >= 0.6 is 11.8 Å². The number of amides is 2. The van der Waals surface area contributed by atoms with Crippen LogP contribution < -0.4 is 0 Å². The maximum atomic E-state index is 12.6. The van der Waals surface area contributed by atoms with Crippen molar-refractivity contribution >= 4 is 40.6 Å². The van der Waals surface area contributed by atoms with Crippen molar-refractivity contribution in [1.82, 2.24) is 9.47 Å². The summed E-state index contributed by atoms with van der Waals surface area (Å²) in [5.74, 6) is -1.24. The second-order valence-electron chi connectivity index (χ2n) is 6.75. The van der Waals surface area contributed by atoms with Gasteiger partial charge in [0.15, 0.2) is 0 Å². The Morgan fingerprint density at radius 1 is 1.23 bits per heavy atom. The van der Waals surface area contributed by atoms with E-state index in [1.807, 2.05) is 0 Å². The lowest BCUT2D eigenvalue weighted by molar-refractivity contribution is -0.385. The van der Waals surface area contributed by atoms with Crippen LogP contribution in [-0.4, -0.2) is 44.2 Å². The van der Waals surface area contributed by atoms with Crippen molar-refractivity contribution in [2.75, 3.05) is 6.54 Å². The van der Waals surface area contributed by atoms with Gasteiger partial charge in [-0.05, 0) is 43.8 Å². The highest BCUT2D eigenvalue weighted by Gasteiger charge is 2.37. The fourth-order valence-corrected chi connectivity index (χ4v) is 3.73. The Morgan fingerprint density at radius 3 is 2.67 bits per heavy atom. The number of imide groups is 1. The zero-order valence-corrected chi connectivity index (χ0v) is 17.1. The van der Waals surface area contributed by atoms with Crippen LogP contribution in [0.5, 0.6) is 0 Å². The summed E-state index contributed by atoms with van der Waals surface area (Å²) in [5, 5.41) is 10.7. The third-order valence-corrected chi connectivity index (χ3v) is 5.11. The number of carbonyl (C=O) groups excluding carboxylic acids is 3. The molecule has 0 N–H and O–H groups in total. The van der Waals surface area contributed by atoms with Crippen LogP contribution in [0.4, 0.5) is 10.5 Å². The Morgan fingerprint density at radius 2 is 1.97 bits per heavy atom. The van der Waals surface area contributed by atoms with E-state index < -0.39 is 28.6 Å². The van der Waals surface area contributed by atoms with Crippen LogP contribution in [0.1, 0.15) is 25.1 Å². The number of carbonyl (C=O) groups is 3. The zero-order chi connectivity index (χ0) is 21.8. The summed E-state index contributed by atoms with van der Waals surface area (Å²) >= 11 is 0.733. The van der Waals surface area contributed by atoms with Gasteiger partial charge in [-0.3, -0.25) is 29.4 Å². The minimum atomic E-state index is -0.659. The van der Waals surface area contributed by atoms with Crippen molar-refractivity contribution in [2.45, 2.75) is 26.5 Å². The van der Waals surface area contributed by atoms with Crippen LogP contribution in [0.3, 0.4) is 0 Å². The molecule has 3 rings (SSSR count). The Labute approximate surface area is 176 Å². The first-order chi connectivity index (χ1) is 14.3. The second-order valence-corrected chi connectivity index (χ2v) is 7.75. The number of esters is 1. The standard InChI is InChI=1S/C20H19N3O6S/c1-13(2)29-18(24)12-22-19(25)17(30-20(22)26)10-15-7-5-9-21(15)11-14-6-3-4-8-16(14)23(27)28/h3-10,13H,11-12H2,1-2H3/b17-10-. The highest BCUT2D eigenvalue weighted by atomic mass is 32.2. The van der Waals surface area contributed by atoms with Gasteiger partial charge < -0.3 is 9.30 Å². The number of thioether (sulfide) groups is 1. The minimum absolute atomic E-state index is 0.00105. The van der Waals surface area contributed by atoms with Crippen molar-refractivity contribution in [2.24, 2.45) is 0 Å². The summed E-state index contributed by atoms with van der Waals surface area (Å²) < 4.78 is 6.73. The van der Waals surface area contributed by atoms with Gasteiger partial charge in [-0.1, -0.05) is 18.2 Å². The number of nitrogens with zero attached hydrogens (tertiary/aromatic N) is 3. The van der Waals surface area contributed by atoms with E-state index in [1.165, 1.54) is 12.1 Å². The summed E-state index contributed by atoms with van der Waals surface area (Å²) in [5.41, 5.74) is 1.11. The van der Waals surface area contributed by atoms with E-state index >= 15 is 0 Å². The number of ether oxygens (including phenoxy) is 1. The highest BCUT2D eigenvalue weighted by molar-refractivity contribution is 8.18. The maximum absolute atomic E-state index is 12.6. The number of rotatable bonds is 7. The van der Waals surface area contributed by atoms with Crippen LogP contribution in [0.15, 0.2) is 47.5 Å². The molecule has 1 aliphatic heterocycles. The summed E-state index contributed by atoms with van der Waals surface area (Å²) in [4.78, 5) is 48.4. The van der Waals surface area contributed by atoms with Crippen molar-refractivity contribution in [3.63, 3.8) is 0 Å². The number of aromatic nitrogens is 1. The molecule has 2 amide bonds. The molecule has 30 heavy (non-hydrogen) atoms. The molecule has 1 saturated heterocycles. The molecule has 0 atom stereocenters. The Balaban J connectivity index is 1.80. The molecule has 0 radical (unpaired) electrons. The van der Waals surface area contributed by atoms with E-state index in [-0.39, 0.29) is 23.2 Å². The van der Waals surface area contributed by atoms with E-state index in [9.17, 15) is 24.5 Å². The average molecular weight is 429 g/mol. The first-order valence-electron chi connectivity index (χ1n) is 9.08. The van der Waals surface area contributed by atoms with Gasteiger partial charge in [-0.15, -0.1) is 0 Å². The van der Waals surface area contributed by atoms with Gasteiger partial charge in [0.1, 0.15) is 6.54 Å². The van der Waals surface area contributed by atoms with Crippen LogP contribution in [0.2, 0.25) is 0 Å². The van der Waals surface area contributed by atoms with Gasteiger partial charge in [0.25, 0.3) is 16.8 Å². The van der Waals surface area contributed by atoms with Crippen molar-refractivity contribution in [3.8, 4) is 0 Å². The minimum Gasteiger partial charge on any atom is -0.462 e. The molecule has 0 spiro atoms. The topological polar surface area (TPSA) is 112 Å². The molecule has 1 aliphatic rings. The molecule has 1 fully saturated rings. The number of hydrogen-bond acceptors (Lipinski definition) is 7. The van der Waals surface area contributed by atoms with E-state index in [1.54, 1.807) is 54.9 Å². The molecule has 0 aliphatic carbocycles. The lowest BCUT2D eigenvalue weighted by Gasteiger charge is -2.13. The van der Waals surface area contributed by atoms with Crippen molar-refractivity contribution in [1.29, 1.82) is 0 Å². The average Bonchev–Trinajstić information content (AvgIpc) is 3.21. The predicted molar refractivity (Wildman–Crippen MR) is 111 cm³/mol. The molecular formula is C20H19N3O6S. The quantitative estimate of drug-likeness (QED) is 0.287.